The van der Waals surface area contributed by atoms with E-state index >= 15 is 0 Å². The molecule has 1 amide bonds. The Balaban J connectivity index is 1.83. The smallest absolute Gasteiger partial charge is 0.268 e. The molecule has 0 unspecified atom stereocenters. The molecule has 2 aromatic rings. The number of amides is 1. The van der Waals surface area contributed by atoms with Crippen LogP contribution in [0.2, 0.25) is 0 Å². The van der Waals surface area contributed by atoms with E-state index in [0.29, 0.717) is 9.23 Å². The first kappa shape index (κ1) is 15.7. The van der Waals surface area contributed by atoms with Crippen LogP contribution in [0, 0.1) is 6.92 Å². The van der Waals surface area contributed by atoms with Gasteiger partial charge in [0, 0.05) is 0 Å². The lowest BCUT2D eigenvalue weighted by atomic mass is 10.2. The van der Waals surface area contributed by atoms with Crippen LogP contribution in [0.5, 0.6) is 0 Å². The molecule has 1 saturated heterocycles. The van der Waals surface area contributed by atoms with Crippen molar-refractivity contribution in [3.05, 3.63) is 82.8 Å². The van der Waals surface area contributed by atoms with Crippen molar-refractivity contribution in [2.24, 2.45) is 0 Å². The molecule has 23 heavy (non-hydrogen) atoms. The maximum absolute atomic E-state index is 12.6. The molecule has 1 fully saturated rings. The topological polar surface area (TPSA) is 20.3 Å². The molecule has 3 rings (SSSR count). The van der Waals surface area contributed by atoms with Gasteiger partial charge in [-0.25, -0.2) is 0 Å². The molecule has 2 aromatic carbocycles. The highest BCUT2D eigenvalue weighted by Crippen LogP contribution is 2.36. The Morgan fingerprint density at radius 3 is 2.48 bits per heavy atom. The molecule has 0 aromatic heterocycles. The number of aryl methyl sites for hydroxylation is 1. The molecule has 2 nitrogen and oxygen atoms in total. The Kier molecular flexibility index (Phi) is 4.74. The van der Waals surface area contributed by atoms with Gasteiger partial charge in [-0.05, 0) is 30.2 Å². The zero-order chi connectivity index (χ0) is 16.2. The Hall–Kier alpha value is -2.17. The normalized spacial score (nSPS) is 16.7. The van der Waals surface area contributed by atoms with E-state index in [1.807, 2.05) is 79.7 Å². The van der Waals surface area contributed by atoms with Crippen LogP contribution in [0.25, 0.3) is 6.08 Å². The van der Waals surface area contributed by atoms with Crippen molar-refractivity contribution >= 4 is 46.0 Å². The van der Waals surface area contributed by atoms with E-state index in [1.54, 1.807) is 4.90 Å². The molecule has 0 aliphatic carbocycles. The fourth-order valence-electron chi connectivity index (χ4n) is 2.31. The van der Waals surface area contributed by atoms with Gasteiger partial charge < -0.3 is 0 Å². The summed E-state index contributed by atoms with van der Waals surface area (Å²) in [5.41, 5.74) is 2.98. The van der Waals surface area contributed by atoms with Crippen molar-refractivity contribution in [3.8, 4) is 0 Å². The summed E-state index contributed by atoms with van der Waals surface area (Å²) in [6.07, 6.45) is 5.68. The van der Waals surface area contributed by atoms with Crippen molar-refractivity contribution in [2.45, 2.75) is 6.92 Å². The van der Waals surface area contributed by atoms with Gasteiger partial charge in [-0.3, -0.25) is 9.69 Å². The van der Waals surface area contributed by atoms with Gasteiger partial charge in [-0.1, -0.05) is 84.7 Å². The maximum atomic E-state index is 12.6. The van der Waals surface area contributed by atoms with E-state index in [0.717, 1.165) is 16.8 Å². The summed E-state index contributed by atoms with van der Waals surface area (Å²) in [5, 5.41) is 0. The molecule has 1 aliphatic rings. The second-order valence-electron chi connectivity index (χ2n) is 5.10. The Labute approximate surface area is 145 Å². The van der Waals surface area contributed by atoms with Crippen LogP contribution in [0.15, 0.2) is 71.7 Å². The van der Waals surface area contributed by atoms with Crippen LogP contribution < -0.4 is 4.90 Å². The zero-order valence-electron chi connectivity index (χ0n) is 12.6. The van der Waals surface area contributed by atoms with E-state index in [2.05, 4.69) is 0 Å². The standard InChI is InChI=1S/C19H15NOS2/c1-14-8-5-6-12-16(14)20-18(21)17(23-19(20)22)13-7-11-15-9-3-2-4-10-15/h2-13H,1H3/b11-7+,17-13+. The molecule has 0 radical (unpaired) electrons. The Bertz CT molecular complexity index is 809. The highest BCUT2D eigenvalue weighted by molar-refractivity contribution is 8.27. The van der Waals surface area contributed by atoms with Crippen LogP contribution >= 0.6 is 24.0 Å². The lowest BCUT2D eigenvalue weighted by molar-refractivity contribution is -0.113. The summed E-state index contributed by atoms with van der Waals surface area (Å²) in [7, 11) is 0. The number of thiocarbonyl (C=S) groups is 1. The van der Waals surface area contributed by atoms with Crippen LogP contribution in [0.4, 0.5) is 5.69 Å². The summed E-state index contributed by atoms with van der Waals surface area (Å²) in [4.78, 5) is 14.9. The summed E-state index contributed by atoms with van der Waals surface area (Å²) < 4.78 is 0.573. The van der Waals surface area contributed by atoms with E-state index in [4.69, 9.17) is 12.2 Å². The monoisotopic (exact) mass is 337 g/mol. The molecule has 1 aliphatic heterocycles. The molecular formula is C19H15NOS2. The van der Waals surface area contributed by atoms with Gasteiger partial charge >= 0.3 is 0 Å². The molecule has 0 bridgehead atoms. The third kappa shape index (κ3) is 3.44. The SMILES string of the molecule is Cc1ccccc1N1C(=O)/C(=C\C=C\c2ccccc2)SC1=S. The first-order valence-electron chi connectivity index (χ1n) is 7.22. The average molecular weight is 337 g/mol. The molecule has 4 heteroatoms. The van der Waals surface area contributed by atoms with Crippen molar-refractivity contribution in [1.82, 2.24) is 0 Å². The minimum atomic E-state index is -0.0630. The van der Waals surface area contributed by atoms with Crippen molar-refractivity contribution in [2.75, 3.05) is 4.90 Å². The van der Waals surface area contributed by atoms with E-state index in [9.17, 15) is 4.79 Å². The largest absolute Gasteiger partial charge is 0.270 e. The number of allylic oxidation sites excluding steroid dienone is 2. The fourth-order valence-corrected chi connectivity index (χ4v) is 3.55. The third-order valence-electron chi connectivity index (χ3n) is 3.49. The summed E-state index contributed by atoms with van der Waals surface area (Å²) in [6, 6.07) is 17.7. The number of para-hydroxylation sites is 1. The number of thioether (sulfide) groups is 1. The van der Waals surface area contributed by atoms with Crippen molar-refractivity contribution in [3.63, 3.8) is 0 Å². The minimum Gasteiger partial charge on any atom is -0.268 e. The Morgan fingerprint density at radius 2 is 1.74 bits per heavy atom. The van der Waals surface area contributed by atoms with Crippen molar-refractivity contribution in [1.29, 1.82) is 0 Å². The molecule has 0 N–H and O–H groups in total. The van der Waals surface area contributed by atoms with Crippen molar-refractivity contribution < 1.29 is 4.79 Å². The second kappa shape index (κ2) is 6.94. The zero-order valence-corrected chi connectivity index (χ0v) is 14.2. The fraction of sp³-hybridized carbons (Fsp3) is 0.0526. The lowest BCUT2D eigenvalue weighted by Crippen LogP contribution is -2.28. The number of hydrogen-bond donors (Lipinski definition) is 0. The number of hydrogen-bond acceptors (Lipinski definition) is 3. The molecule has 0 saturated carbocycles. The number of anilines is 1. The van der Waals surface area contributed by atoms with Gasteiger partial charge in [-0.2, -0.15) is 0 Å². The van der Waals surface area contributed by atoms with Gasteiger partial charge in [0.15, 0.2) is 4.32 Å². The highest BCUT2D eigenvalue weighted by Gasteiger charge is 2.33. The van der Waals surface area contributed by atoms with Gasteiger partial charge in [0.2, 0.25) is 0 Å². The average Bonchev–Trinajstić information content (AvgIpc) is 2.83. The van der Waals surface area contributed by atoms with Crippen LogP contribution in [-0.4, -0.2) is 10.2 Å². The van der Waals surface area contributed by atoms with Gasteiger partial charge in [0.05, 0.1) is 10.6 Å². The highest BCUT2D eigenvalue weighted by atomic mass is 32.2. The van der Waals surface area contributed by atoms with E-state index < -0.39 is 0 Å². The molecule has 0 spiro atoms. The first-order chi connectivity index (χ1) is 11.2. The van der Waals surface area contributed by atoms with Crippen LogP contribution in [0.1, 0.15) is 11.1 Å². The lowest BCUT2D eigenvalue weighted by Gasteiger charge is -2.16. The summed E-state index contributed by atoms with van der Waals surface area (Å²) in [5.74, 6) is -0.0630. The van der Waals surface area contributed by atoms with Gasteiger partial charge in [-0.15, -0.1) is 0 Å². The predicted octanol–water partition coefficient (Wildman–Crippen LogP) is 4.96. The van der Waals surface area contributed by atoms with Crippen LogP contribution in [0.3, 0.4) is 0 Å². The number of rotatable bonds is 3. The minimum absolute atomic E-state index is 0.0630. The van der Waals surface area contributed by atoms with Crippen LogP contribution in [-0.2, 0) is 4.79 Å². The van der Waals surface area contributed by atoms with Gasteiger partial charge in [0.1, 0.15) is 0 Å². The second-order valence-corrected chi connectivity index (χ2v) is 6.77. The van der Waals surface area contributed by atoms with E-state index in [1.165, 1.54) is 11.8 Å². The third-order valence-corrected chi connectivity index (χ3v) is 4.81. The first-order valence-corrected chi connectivity index (χ1v) is 8.44. The summed E-state index contributed by atoms with van der Waals surface area (Å²) in [6.45, 7) is 1.98. The number of carbonyl (C=O) groups excluding carboxylic acids is 1. The van der Waals surface area contributed by atoms with E-state index in [-0.39, 0.29) is 5.91 Å². The maximum Gasteiger partial charge on any atom is 0.270 e. The number of nitrogens with zero attached hydrogens (tertiary/aromatic N) is 1. The molecule has 0 atom stereocenters. The number of benzene rings is 2. The summed E-state index contributed by atoms with van der Waals surface area (Å²) >= 11 is 6.72. The molecular weight excluding hydrogens is 322 g/mol. The molecule has 114 valence electrons. The van der Waals surface area contributed by atoms with Gasteiger partial charge in [0.25, 0.3) is 5.91 Å². The Morgan fingerprint density at radius 1 is 1.04 bits per heavy atom. The quantitative estimate of drug-likeness (QED) is 0.583. The predicted molar refractivity (Wildman–Crippen MR) is 102 cm³/mol. The number of carbonyl (C=O) groups is 1. The molecule has 1 heterocycles.